The van der Waals surface area contributed by atoms with Gasteiger partial charge in [-0.15, -0.1) is 0 Å². The molecule has 1 N–H and O–H groups in total. The highest BCUT2D eigenvalue weighted by atomic mass is 16.5. The average molecular weight is 297 g/mol. The van der Waals surface area contributed by atoms with Crippen LogP contribution in [0.4, 0.5) is 0 Å². The minimum atomic E-state index is 0.0239. The van der Waals surface area contributed by atoms with E-state index in [2.05, 4.69) is 5.32 Å². The van der Waals surface area contributed by atoms with Crippen molar-refractivity contribution in [1.29, 1.82) is 0 Å². The highest BCUT2D eigenvalue weighted by Crippen LogP contribution is 2.19. The van der Waals surface area contributed by atoms with Gasteiger partial charge in [0, 0.05) is 6.42 Å². The second kappa shape index (κ2) is 8.23. The molecule has 0 radical (unpaired) electrons. The number of amides is 1. The number of hydrogen-bond acceptors (Lipinski definition) is 2. The van der Waals surface area contributed by atoms with Crippen LogP contribution in [-0.2, 0) is 11.2 Å². The standard InChI is InChI=1S/C19H23NO2/c1-3-22-18-12-8-7-11-17(18)13-14-19(21)20-15(2)16-9-5-4-6-10-16/h4-12,15H,3,13-14H2,1-2H3,(H,20,21). The van der Waals surface area contributed by atoms with Crippen molar-refractivity contribution < 1.29 is 9.53 Å². The molecule has 0 aliphatic carbocycles. The zero-order valence-electron chi connectivity index (χ0n) is 13.2. The van der Waals surface area contributed by atoms with E-state index in [-0.39, 0.29) is 11.9 Å². The minimum absolute atomic E-state index is 0.0239. The number of nitrogens with one attached hydrogen (secondary N) is 1. The molecule has 2 rings (SSSR count). The van der Waals surface area contributed by atoms with E-state index in [1.807, 2.05) is 68.4 Å². The SMILES string of the molecule is CCOc1ccccc1CCC(=O)NC(C)c1ccccc1. The van der Waals surface area contributed by atoms with Crippen molar-refractivity contribution in [2.45, 2.75) is 32.7 Å². The van der Waals surface area contributed by atoms with Gasteiger partial charge in [0.15, 0.2) is 0 Å². The fourth-order valence-electron chi connectivity index (χ4n) is 2.39. The Kier molecular flexibility index (Phi) is 6.01. The molecular formula is C19H23NO2. The highest BCUT2D eigenvalue weighted by molar-refractivity contribution is 5.76. The number of rotatable bonds is 7. The molecule has 3 nitrogen and oxygen atoms in total. The van der Waals surface area contributed by atoms with Gasteiger partial charge in [-0.2, -0.15) is 0 Å². The number of aryl methyl sites for hydroxylation is 1. The number of carbonyl (C=O) groups is 1. The summed E-state index contributed by atoms with van der Waals surface area (Å²) in [5, 5.41) is 3.04. The molecule has 0 saturated carbocycles. The van der Waals surface area contributed by atoms with Crippen LogP contribution >= 0.6 is 0 Å². The first-order chi connectivity index (χ1) is 10.7. The van der Waals surface area contributed by atoms with Gasteiger partial charge in [0.1, 0.15) is 5.75 Å². The van der Waals surface area contributed by atoms with E-state index in [1.54, 1.807) is 0 Å². The summed E-state index contributed by atoms with van der Waals surface area (Å²) in [7, 11) is 0. The Morgan fingerprint density at radius 2 is 1.77 bits per heavy atom. The maximum Gasteiger partial charge on any atom is 0.220 e. The molecule has 3 heteroatoms. The lowest BCUT2D eigenvalue weighted by Crippen LogP contribution is -2.26. The molecule has 0 spiro atoms. The molecule has 0 fully saturated rings. The Morgan fingerprint density at radius 3 is 2.50 bits per heavy atom. The summed E-state index contributed by atoms with van der Waals surface area (Å²) >= 11 is 0. The van der Waals surface area contributed by atoms with Crippen LogP contribution in [-0.4, -0.2) is 12.5 Å². The first kappa shape index (κ1) is 16.1. The normalized spacial score (nSPS) is 11.7. The molecular weight excluding hydrogens is 274 g/mol. The molecule has 0 aromatic heterocycles. The Morgan fingerprint density at radius 1 is 1.09 bits per heavy atom. The summed E-state index contributed by atoms with van der Waals surface area (Å²) in [6.45, 7) is 4.60. The van der Waals surface area contributed by atoms with Crippen LogP contribution in [0.1, 0.15) is 37.4 Å². The Labute approximate surface area is 132 Å². The van der Waals surface area contributed by atoms with Crippen LogP contribution in [0, 0.1) is 0 Å². The first-order valence-corrected chi connectivity index (χ1v) is 7.75. The largest absolute Gasteiger partial charge is 0.494 e. The quantitative estimate of drug-likeness (QED) is 0.842. The topological polar surface area (TPSA) is 38.3 Å². The van der Waals surface area contributed by atoms with Gasteiger partial charge in [0.2, 0.25) is 5.91 Å². The van der Waals surface area contributed by atoms with Gasteiger partial charge >= 0.3 is 0 Å². The Bertz CT molecular complexity index is 595. The lowest BCUT2D eigenvalue weighted by Gasteiger charge is -2.15. The third-order valence-electron chi connectivity index (χ3n) is 3.57. The number of benzene rings is 2. The predicted octanol–water partition coefficient (Wildman–Crippen LogP) is 3.90. The predicted molar refractivity (Wildman–Crippen MR) is 88.9 cm³/mol. The highest BCUT2D eigenvalue weighted by Gasteiger charge is 2.10. The van der Waals surface area contributed by atoms with Crippen LogP contribution in [0.2, 0.25) is 0 Å². The summed E-state index contributed by atoms with van der Waals surface area (Å²) in [4.78, 5) is 12.1. The number of carbonyl (C=O) groups excluding carboxylic acids is 1. The van der Waals surface area contributed by atoms with Crippen LogP contribution in [0.25, 0.3) is 0 Å². The molecule has 0 saturated heterocycles. The molecule has 116 valence electrons. The fourth-order valence-corrected chi connectivity index (χ4v) is 2.39. The maximum atomic E-state index is 12.1. The van der Waals surface area contributed by atoms with Crippen molar-refractivity contribution in [3.63, 3.8) is 0 Å². The van der Waals surface area contributed by atoms with E-state index in [4.69, 9.17) is 4.74 Å². The summed E-state index contributed by atoms with van der Waals surface area (Å²) in [5.41, 5.74) is 2.19. The molecule has 0 bridgehead atoms. The van der Waals surface area contributed by atoms with Gasteiger partial charge in [-0.25, -0.2) is 0 Å². The Hall–Kier alpha value is -2.29. The van der Waals surface area contributed by atoms with E-state index in [1.165, 1.54) is 0 Å². The van der Waals surface area contributed by atoms with E-state index in [0.29, 0.717) is 19.4 Å². The van der Waals surface area contributed by atoms with Gasteiger partial charge in [-0.05, 0) is 37.5 Å². The summed E-state index contributed by atoms with van der Waals surface area (Å²) in [5.74, 6) is 0.927. The maximum absolute atomic E-state index is 12.1. The molecule has 1 amide bonds. The first-order valence-electron chi connectivity index (χ1n) is 7.75. The molecule has 0 heterocycles. The van der Waals surface area contributed by atoms with Crippen molar-refractivity contribution in [3.8, 4) is 5.75 Å². The van der Waals surface area contributed by atoms with Crippen LogP contribution < -0.4 is 10.1 Å². The van der Waals surface area contributed by atoms with Crippen molar-refractivity contribution in [2.24, 2.45) is 0 Å². The second-order valence-corrected chi connectivity index (χ2v) is 5.24. The smallest absolute Gasteiger partial charge is 0.220 e. The monoisotopic (exact) mass is 297 g/mol. The lowest BCUT2D eigenvalue weighted by atomic mass is 10.1. The van der Waals surface area contributed by atoms with Crippen LogP contribution in [0.15, 0.2) is 54.6 Å². The van der Waals surface area contributed by atoms with Crippen molar-refractivity contribution >= 4 is 5.91 Å². The van der Waals surface area contributed by atoms with E-state index < -0.39 is 0 Å². The number of hydrogen-bond donors (Lipinski definition) is 1. The third-order valence-corrected chi connectivity index (χ3v) is 3.57. The van der Waals surface area contributed by atoms with Crippen molar-refractivity contribution in [2.75, 3.05) is 6.61 Å². The molecule has 0 aliphatic heterocycles. The van der Waals surface area contributed by atoms with Crippen molar-refractivity contribution in [1.82, 2.24) is 5.32 Å². The van der Waals surface area contributed by atoms with Crippen LogP contribution in [0.3, 0.4) is 0 Å². The minimum Gasteiger partial charge on any atom is -0.494 e. The second-order valence-electron chi connectivity index (χ2n) is 5.24. The zero-order chi connectivity index (χ0) is 15.8. The van der Waals surface area contributed by atoms with Gasteiger partial charge in [0.05, 0.1) is 12.6 Å². The molecule has 22 heavy (non-hydrogen) atoms. The fraction of sp³-hybridized carbons (Fsp3) is 0.316. The lowest BCUT2D eigenvalue weighted by molar-refractivity contribution is -0.121. The van der Waals surface area contributed by atoms with E-state index in [0.717, 1.165) is 16.9 Å². The van der Waals surface area contributed by atoms with Gasteiger partial charge in [-0.1, -0.05) is 48.5 Å². The average Bonchev–Trinajstić information content (AvgIpc) is 2.55. The van der Waals surface area contributed by atoms with Gasteiger partial charge in [0.25, 0.3) is 0 Å². The third kappa shape index (κ3) is 4.62. The van der Waals surface area contributed by atoms with Gasteiger partial charge in [-0.3, -0.25) is 4.79 Å². The van der Waals surface area contributed by atoms with E-state index >= 15 is 0 Å². The molecule has 2 aromatic carbocycles. The summed E-state index contributed by atoms with van der Waals surface area (Å²) < 4.78 is 5.59. The molecule has 1 atom stereocenters. The zero-order valence-corrected chi connectivity index (χ0v) is 13.2. The summed E-state index contributed by atoms with van der Waals surface area (Å²) in [6, 6.07) is 17.9. The number of para-hydroxylation sites is 1. The molecule has 2 aromatic rings. The van der Waals surface area contributed by atoms with Crippen LogP contribution in [0.5, 0.6) is 5.75 Å². The van der Waals surface area contributed by atoms with Gasteiger partial charge < -0.3 is 10.1 Å². The molecule has 0 aliphatic rings. The summed E-state index contributed by atoms with van der Waals surface area (Å²) in [6.07, 6.45) is 1.14. The number of ether oxygens (including phenoxy) is 1. The Balaban J connectivity index is 1.88. The van der Waals surface area contributed by atoms with Crippen molar-refractivity contribution in [3.05, 3.63) is 65.7 Å². The van der Waals surface area contributed by atoms with E-state index in [9.17, 15) is 4.79 Å². The molecule has 1 unspecified atom stereocenters.